The van der Waals surface area contributed by atoms with Crippen molar-refractivity contribution in [3.63, 3.8) is 0 Å². The average molecular weight is 1030 g/mol. The molecule has 0 aliphatic heterocycles. The van der Waals surface area contributed by atoms with Crippen LogP contribution in [0.25, 0.3) is 0 Å². The van der Waals surface area contributed by atoms with Crippen molar-refractivity contribution in [3.05, 3.63) is 85.1 Å². The van der Waals surface area contributed by atoms with E-state index in [2.05, 4.69) is 106 Å². The number of unbranched alkanes of at least 4 members (excludes halogenated alkanes) is 32. The highest BCUT2D eigenvalue weighted by atomic mass is 16.6. The minimum atomic E-state index is -0.793. The molecule has 0 aliphatic rings. The molecule has 1 atom stereocenters. The lowest BCUT2D eigenvalue weighted by Crippen LogP contribution is -2.30. The van der Waals surface area contributed by atoms with Crippen molar-refractivity contribution in [2.75, 3.05) is 13.2 Å². The third-order valence-electron chi connectivity index (χ3n) is 13.6. The molecule has 0 heterocycles. The van der Waals surface area contributed by atoms with Gasteiger partial charge in [0.15, 0.2) is 6.10 Å². The Hall–Kier alpha value is -3.41. The first kappa shape index (κ1) is 70.6. The zero-order chi connectivity index (χ0) is 53.6. The number of esters is 3. The van der Waals surface area contributed by atoms with Gasteiger partial charge in [-0.25, -0.2) is 0 Å². The van der Waals surface area contributed by atoms with Crippen LogP contribution in [0.3, 0.4) is 0 Å². The van der Waals surface area contributed by atoms with Crippen LogP contribution in [-0.4, -0.2) is 37.2 Å². The maximum atomic E-state index is 12.9. The fourth-order valence-electron chi connectivity index (χ4n) is 8.91. The Balaban J connectivity index is 4.43. The highest BCUT2D eigenvalue weighted by molar-refractivity contribution is 5.71. The van der Waals surface area contributed by atoms with Crippen LogP contribution in [0, 0.1) is 0 Å². The van der Waals surface area contributed by atoms with Crippen LogP contribution in [0.5, 0.6) is 0 Å². The van der Waals surface area contributed by atoms with Crippen LogP contribution in [0.15, 0.2) is 85.1 Å². The van der Waals surface area contributed by atoms with E-state index in [9.17, 15) is 14.4 Å². The van der Waals surface area contributed by atoms with Gasteiger partial charge in [0.2, 0.25) is 0 Å². The Morgan fingerprint density at radius 2 is 0.527 bits per heavy atom. The van der Waals surface area contributed by atoms with Gasteiger partial charge in [-0.3, -0.25) is 14.4 Å². The molecule has 6 heteroatoms. The molecule has 0 saturated heterocycles. The predicted octanol–water partition coefficient (Wildman–Crippen LogP) is 21.5. The van der Waals surface area contributed by atoms with E-state index in [1.807, 2.05) is 0 Å². The van der Waals surface area contributed by atoms with Gasteiger partial charge in [-0.2, -0.15) is 0 Å². The van der Waals surface area contributed by atoms with Crippen LogP contribution in [0.1, 0.15) is 310 Å². The molecular formula is C68H118O6. The Labute approximate surface area is 458 Å². The first-order chi connectivity index (χ1) is 36.5. The zero-order valence-corrected chi connectivity index (χ0v) is 48.8. The van der Waals surface area contributed by atoms with Crippen LogP contribution in [0.4, 0.5) is 0 Å². The van der Waals surface area contributed by atoms with E-state index >= 15 is 0 Å². The van der Waals surface area contributed by atoms with Gasteiger partial charge in [0.25, 0.3) is 0 Å². The summed E-state index contributed by atoms with van der Waals surface area (Å²) < 4.78 is 16.9. The van der Waals surface area contributed by atoms with Gasteiger partial charge in [-0.15, -0.1) is 0 Å². The number of hydrogen-bond donors (Lipinski definition) is 0. The SMILES string of the molecule is CC/C=C\C/C=C\C/C=C\C/C=C\C/C=C\CCCCCC(=O)OCC(COC(=O)CCCCCCCCCCCCCCCCCCCC)OC(=O)CCCCCCCCCCC/C=C\C/C=C\CCCCC. The highest BCUT2D eigenvalue weighted by Gasteiger charge is 2.19. The molecule has 0 amide bonds. The van der Waals surface area contributed by atoms with Crippen LogP contribution < -0.4 is 0 Å². The lowest BCUT2D eigenvalue weighted by Gasteiger charge is -2.18. The Morgan fingerprint density at radius 3 is 0.865 bits per heavy atom. The first-order valence-electron chi connectivity index (χ1n) is 31.6. The van der Waals surface area contributed by atoms with Crippen molar-refractivity contribution in [1.29, 1.82) is 0 Å². The molecule has 0 radical (unpaired) electrons. The molecule has 0 rings (SSSR count). The fraction of sp³-hybridized carbons (Fsp3) is 0.750. The zero-order valence-electron chi connectivity index (χ0n) is 48.8. The third kappa shape index (κ3) is 59.5. The summed E-state index contributed by atoms with van der Waals surface area (Å²) in [5.74, 6) is -0.910. The summed E-state index contributed by atoms with van der Waals surface area (Å²) in [6.45, 7) is 6.51. The quantitative estimate of drug-likeness (QED) is 0.0261. The Bertz CT molecular complexity index is 1420. The van der Waals surface area contributed by atoms with Gasteiger partial charge in [-0.05, 0) is 96.3 Å². The molecule has 0 spiro atoms. The molecule has 0 N–H and O–H groups in total. The van der Waals surface area contributed by atoms with Gasteiger partial charge >= 0.3 is 17.9 Å². The molecule has 1 unspecified atom stereocenters. The second-order valence-electron chi connectivity index (χ2n) is 20.9. The minimum absolute atomic E-state index is 0.0863. The topological polar surface area (TPSA) is 78.9 Å². The molecule has 74 heavy (non-hydrogen) atoms. The smallest absolute Gasteiger partial charge is 0.306 e. The van der Waals surface area contributed by atoms with Gasteiger partial charge in [-0.1, -0.05) is 279 Å². The van der Waals surface area contributed by atoms with Crippen LogP contribution in [-0.2, 0) is 28.6 Å². The molecule has 426 valence electrons. The number of allylic oxidation sites excluding steroid dienone is 14. The molecule has 0 aromatic carbocycles. The molecule has 0 fully saturated rings. The molecule has 0 saturated carbocycles. The number of rotatable bonds is 57. The fourth-order valence-corrected chi connectivity index (χ4v) is 8.91. The lowest BCUT2D eigenvalue weighted by molar-refractivity contribution is -0.167. The second-order valence-corrected chi connectivity index (χ2v) is 20.9. The normalized spacial score (nSPS) is 12.6. The molecule has 0 aromatic heterocycles. The predicted molar refractivity (Wildman–Crippen MR) is 321 cm³/mol. The van der Waals surface area contributed by atoms with Gasteiger partial charge < -0.3 is 14.2 Å². The minimum Gasteiger partial charge on any atom is -0.462 e. The molecule has 6 nitrogen and oxygen atoms in total. The summed E-state index contributed by atoms with van der Waals surface area (Å²) in [5.41, 5.74) is 0. The van der Waals surface area contributed by atoms with E-state index in [1.165, 1.54) is 167 Å². The van der Waals surface area contributed by atoms with E-state index in [-0.39, 0.29) is 31.1 Å². The maximum absolute atomic E-state index is 12.9. The highest BCUT2D eigenvalue weighted by Crippen LogP contribution is 2.17. The second kappa shape index (κ2) is 62.1. The van der Waals surface area contributed by atoms with E-state index in [0.29, 0.717) is 19.3 Å². The summed E-state index contributed by atoms with van der Waals surface area (Å²) in [7, 11) is 0. The average Bonchev–Trinajstić information content (AvgIpc) is 3.40. The number of carbonyl (C=O) groups is 3. The van der Waals surface area contributed by atoms with Crippen molar-refractivity contribution in [1.82, 2.24) is 0 Å². The Kier molecular flexibility index (Phi) is 59.3. The number of carbonyl (C=O) groups excluding carboxylic acids is 3. The van der Waals surface area contributed by atoms with Crippen LogP contribution >= 0.6 is 0 Å². The summed E-state index contributed by atoms with van der Waals surface area (Å²) in [6.07, 6.45) is 81.5. The standard InChI is InChI=1S/C68H118O6/c1-4-7-10-13-16-19-22-25-28-31-34-37-40-43-46-49-52-55-58-61-67(70)73-64-65(63-72-66(69)60-57-54-51-48-45-42-39-36-33-30-27-24-21-18-15-12-9-6-3)74-68(71)62-59-56-53-50-47-44-41-38-35-32-29-26-23-20-17-14-11-8-5-2/h7,10,16-17,19-20,25-26,28-29,34,37,43,46,65H,4-6,8-9,11-15,18,21-24,27,30-33,35-36,38-42,44-45,47-64H2,1-3H3/b10-7-,19-16-,20-17-,28-25-,29-26-,37-34-,46-43-. The summed E-state index contributed by atoms with van der Waals surface area (Å²) in [6, 6.07) is 0. The summed E-state index contributed by atoms with van der Waals surface area (Å²) in [5, 5.41) is 0. The van der Waals surface area contributed by atoms with Crippen molar-refractivity contribution in [2.45, 2.75) is 316 Å². The largest absolute Gasteiger partial charge is 0.462 e. The Morgan fingerprint density at radius 1 is 0.284 bits per heavy atom. The molecule has 0 bridgehead atoms. The van der Waals surface area contributed by atoms with Crippen molar-refractivity contribution >= 4 is 17.9 Å². The van der Waals surface area contributed by atoms with E-state index in [1.54, 1.807) is 0 Å². The van der Waals surface area contributed by atoms with Crippen molar-refractivity contribution in [3.8, 4) is 0 Å². The summed E-state index contributed by atoms with van der Waals surface area (Å²) in [4.78, 5) is 38.3. The van der Waals surface area contributed by atoms with Crippen molar-refractivity contribution in [2.24, 2.45) is 0 Å². The molecule has 0 aliphatic carbocycles. The molecular weight excluding hydrogens is 913 g/mol. The third-order valence-corrected chi connectivity index (χ3v) is 13.6. The maximum Gasteiger partial charge on any atom is 0.306 e. The van der Waals surface area contributed by atoms with E-state index in [4.69, 9.17) is 14.2 Å². The van der Waals surface area contributed by atoms with Gasteiger partial charge in [0.1, 0.15) is 13.2 Å². The summed E-state index contributed by atoms with van der Waals surface area (Å²) >= 11 is 0. The molecule has 0 aromatic rings. The van der Waals surface area contributed by atoms with Crippen molar-refractivity contribution < 1.29 is 28.6 Å². The monoisotopic (exact) mass is 1030 g/mol. The van der Waals surface area contributed by atoms with E-state index in [0.717, 1.165) is 103 Å². The number of ether oxygens (including phenoxy) is 3. The first-order valence-corrected chi connectivity index (χ1v) is 31.6. The van der Waals surface area contributed by atoms with Gasteiger partial charge in [0.05, 0.1) is 0 Å². The van der Waals surface area contributed by atoms with E-state index < -0.39 is 6.10 Å². The number of hydrogen-bond acceptors (Lipinski definition) is 6. The van der Waals surface area contributed by atoms with Gasteiger partial charge in [0, 0.05) is 19.3 Å². The van der Waals surface area contributed by atoms with Crippen LogP contribution in [0.2, 0.25) is 0 Å². The lowest BCUT2D eigenvalue weighted by atomic mass is 10.0.